The number of nitrogens with one attached hydrogen (secondary N) is 1. The Labute approximate surface area is 135 Å². The maximum Gasteiger partial charge on any atom is 0.318 e. The number of benzene rings is 1. The summed E-state index contributed by atoms with van der Waals surface area (Å²) in [6, 6.07) is 9.79. The molecule has 1 fully saturated rings. The second kappa shape index (κ2) is 6.78. The van der Waals surface area contributed by atoms with Gasteiger partial charge >= 0.3 is 6.03 Å². The largest absolute Gasteiger partial charge is 0.366 e. The van der Waals surface area contributed by atoms with E-state index in [-0.39, 0.29) is 18.2 Å². The Bertz CT molecular complexity index is 658. The molecular weight excluding hydrogens is 294 g/mol. The van der Waals surface area contributed by atoms with Crippen LogP contribution in [-0.2, 0) is 11.8 Å². The molecule has 0 unspecified atom stereocenters. The summed E-state index contributed by atoms with van der Waals surface area (Å²) in [7, 11) is 1.87. The van der Waals surface area contributed by atoms with Crippen LogP contribution in [0.4, 0.5) is 4.79 Å². The van der Waals surface area contributed by atoms with Crippen LogP contribution in [0.25, 0.3) is 0 Å². The van der Waals surface area contributed by atoms with Crippen molar-refractivity contribution in [2.24, 2.45) is 7.05 Å². The molecule has 2 atom stereocenters. The monoisotopic (exact) mass is 315 g/mol. The summed E-state index contributed by atoms with van der Waals surface area (Å²) < 4.78 is 7.55. The number of aromatic nitrogens is 3. The first-order valence-corrected chi connectivity index (χ1v) is 7.71. The SMILES string of the molecule is C[C@H](NC(=O)N1CCO[C@H](c2nncn2C)C1)c1ccccc1. The lowest BCUT2D eigenvalue weighted by atomic mass is 10.1. The predicted octanol–water partition coefficient (Wildman–Crippen LogP) is 1.66. The molecule has 3 rings (SSSR count). The van der Waals surface area contributed by atoms with Crippen LogP contribution in [-0.4, -0.2) is 45.4 Å². The Morgan fingerprint density at radius 3 is 2.87 bits per heavy atom. The lowest BCUT2D eigenvalue weighted by Crippen LogP contribution is -2.48. The van der Waals surface area contributed by atoms with Crippen molar-refractivity contribution in [2.45, 2.75) is 19.1 Å². The number of morpholine rings is 1. The van der Waals surface area contributed by atoms with Crippen molar-refractivity contribution in [3.63, 3.8) is 0 Å². The summed E-state index contributed by atoms with van der Waals surface area (Å²) in [4.78, 5) is 14.3. The van der Waals surface area contributed by atoms with Gasteiger partial charge in [-0.25, -0.2) is 4.79 Å². The summed E-state index contributed by atoms with van der Waals surface area (Å²) in [5.74, 6) is 0.735. The molecule has 7 heteroatoms. The Kier molecular flexibility index (Phi) is 4.57. The lowest BCUT2D eigenvalue weighted by molar-refractivity contribution is -0.0217. The van der Waals surface area contributed by atoms with Crippen LogP contribution in [0.15, 0.2) is 36.7 Å². The van der Waals surface area contributed by atoms with Gasteiger partial charge < -0.3 is 19.5 Å². The molecule has 2 aromatic rings. The summed E-state index contributed by atoms with van der Waals surface area (Å²) in [6.07, 6.45) is 1.39. The van der Waals surface area contributed by atoms with Gasteiger partial charge in [-0.15, -0.1) is 10.2 Å². The molecule has 0 aliphatic carbocycles. The van der Waals surface area contributed by atoms with Gasteiger partial charge in [-0.05, 0) is 12.5 Å². The fraction of sp³-hybridized carbons (Fsp3) is 0.438. The van der Waals surface area contributed by atoms with Gasteiger partial charge in [0.05, 0.1) is 19.2 Å². The van der Waals surface area contributed by atoms with Crippen molar-refractivity contribution in [3.05, 3.63) is 48.0 Å². The van der Waals surface area contributed by atoms with Gasteiger partial charge in [0.2, 0.25) is 0 Å². The molecule has 1 aliphatic heterocycles. The van der Waals surface area contributed by atoms with Crippen LogP contribution in [0.3, 0.4) is 0 Å². The number of carbonyl (C=O) groups excluding carboxylic acids is 1. The second-order valence-corrected chi connectivity index (χ2v) is 5.69. The Morgan fingerprint density at radius 1 is 1.39 bits per heavy atom. The Hall–Kier alpha value is -2.41. The van der Waals surface area contributed by atoms with Gasteiger partial charge in [-0.3, -0.25) is 0 Å². The molecule has 2 heterocycles. The quantitative estimate of drug-likeness (QED) is 0.935. The van der Waals surface area contributed by atoms with Crippen molar-refractivity contribution in [1.29, 1.82) is 0 Å². The average Bonchev–Trinajstić information content (AvgIpc) is 3.02. The number of hydrogen-bond acceptors (Lipinski definition) is 4. The molecule has 7 nitrogen and oxygen atoms in total. The van der Waals surface area contributed by atoms with E-state index in [4.69, 9.17) is 4.74 Å². The standard InChI is InChI=1S/C16H21N5O2/c1-12(13-6-4-3-5-7-13)18-16(22)21-8-9-23-14(10-21)15-19-17-11-20(15)2/h3-7,11-12,14H,8-10H2,1-2H3,(H,18,22)/t12-,14-/m0/s1. The summed E-state index contributed by atoms with van der Waals surface area (Å²) in [5.41, 5.74) is 1.08. The van der Waals surface area contributed by atoms with Crippen LogP contribution >= 0.6 is 0 Å². The highest BCUT2D eigenvalue weighted by molar-refractivity contribution is 5.74. The summed E-state index contributed by atoms with van der Waals surface area (Å²) >= 11 is 0. The van der Waals surface area contributed by atoms with Crippen LogP contribution in [0.2, 0.25) is 0 Å². The molecule has 1 aromatic carbocycles. The van der Waals surface area contributed by atoms with Gasteiger partial charge in [-0.1, -0.05) is 30.3 Å². The molecule has 0 saturated carbocycles. The third-order valence-corrected chi connectivity index (χ3v) is 4.03. The molecule has 2 amide bonds. The zero-order chi connectivity index (χ0) is 16.2. The molecule has 0 radical (unpaired) electrons. The minimum Gasteiger partial charge on any atom is -0.366 e. The minimum atomic E-state index is -0.242. The first-order valence-electron chi connectivity index (χ1n) is 7.71. The van der Waals surface area contributed by atoms with Crippen molar-refractivity contribution in [2.75, 3.05) is 19.7 Å². The Balaban J connectivity index is 1.62. The second-order valence-electron chi connectivity index (χ2n) is 5.69. The number of nitrogens with zero attached hydrogens (tertiary/aromatic N) is 4. The highest BCUT2D eigenvalue weighted by Crippen LogP contribution is 2.20. The zero-order valence-electron chi connectivity index (χ0n) is 13.3. The van der Waals surface area contributed by atoms with E-state index in [0.717, 1.165) is 11.4 Å². The van der Waals surface area contributed by atoms with Crippen LogP contribution in [0.1, 0.15) is 30.5 Å². The molecule has 0 bridgehead atoms. The molecule has 1 N–H and O–H groups in total. The maximum absolute atomic E-state index is 12.5. The first kappa shape index (κ1) is 15.5. The summed E-state index contributed by atoms with van der Waals surface area (Å²) in [5, 5.41) is 11.0. The Morgan fingerprint density at radius 2 is 2.17 bits per heavy atom. The highest BCUT2D eigenvalue weighted by atomic mass is 16.5. The topological polar surface area (TPSA) is 72.3 Å². The molecular formula is C16H21N5O2. The predicted molar refractivity (Wildman–Crippen MR) is 84.7 cm³/mol. The minimum absolute atomic E-state index is 0.0418. The van der Waals surface area contributed by atoms with E-state index in [0.29, 0.717) is 19.7 Å². The number of amides is 2. The van der Waals surface area contributed by atoms with E-state index in [9.17, 15) is 4.79 Å². The number of hydrogen-bond donors (Lipinski definition) is 1. The van der Waals surface area contributed by atoms with Gasteiger partial charge in [0.25, 0.3) is 0 Å². The normalized spacial score (nSPS) is 19.4. The number of carbonyl (C=O) groups is 1. The van der Waals surface area contributed by atoms with Crippen molar-refractivity contribution >= 4 is 6.03 Å². The van der Waals surface area contributed by atoms with E-state index in [1.165, 1.54) is 0 Å². The van der Waals surface area contributed by atoms with Crippen LogP contribution < -0.4 is 5.32 Å². The van der Waals surface area contributed by atoms with E-state index in [1.54, 1.807) is 11.2 Å². The number of ether oxygens (including phenoxy) is 1. The van der Waals surface area contributed by atoms with Gasteiger partial charge in [0.15, 0.2) is 5.82 Å². The molecule has 0 spiro atoms. The van der Waals surface area contributed by atoms with Crippen molar-refractivity contribution < 1.29 is 9.53 Å². The summed E-state index contributed by atoms with van der Waals surface area (Å²) in [6.45, 7) is 3.51. The highest BCUT2D eigenvalue weighted by Gasteiger charge is 2.28. The zero-order valence-corrected chi connectivity index (χ0v) is 13.3. The van der Waals surface area contributed by atoms with E-state index >= 15 is 0 Å². The lowest BCUT2D eigenvalue weighted by Gasteiger charge is -2.33. The van der Waals surface area contributed by atoms with Gasteiger partial charge in [-0.2, -0.15) is 0 Å². The van der Waals surface area contributed by atoms with Gasteiger partial charge in [0, 0.05) is 13.6 Å². The van der Waals surface area contributed by atoms with Crippen LogP contribution in [0.5, 0.6) is 0 Å². The third-order valence-electron chi connectivity index (χ3n) is 4.03. The van der Waals surface area contributed by atoms with E-state index < -0.39 is 0 Å². The van der Waals surface area contributed by atoms with Crippen molar-refractivity contribution in [1.82, 2.24) is 25.0 Å². The first-order chi connectivity index (χ1) is 11.1. The molecule has 1 aromatic heterocycles. The maximum atomic E-state index is 12.5. The molecule has 1 saturated heterocycles. The molecule has 23 heavy (non-hydrogen) atoms. The average molecular weight is 315 g/mol. The number of aryl methyl sites for hydroxylation is 1. The van der Waals surface area contributed by atoms with E-state index in [1.807, 2.05) is 48.9 Å². The van der Waals surface area contributed by atoms with Crippen molar-refractivity contribution in [3.8, 4) is 0 Å². The number of urea groups is 1. The fourth-order valence-electron chi connectivity index (χ4n) is 2.68. The molecule has 122 valence electrons. The molecule has 1 aliphatic rings. The smallest absolute Gasteiger partial charge is 0.318 e. The third kappa shape index (κ3) is 3.50. The van der Waals surface area contributed by atoms with Crippen LogP contribution in [0, 0.1) is 0 Å². The number of rotatable bonds is 3. The van der Waals surface area contributed by atoms with Gasteiger partial charge in [0.1, 0.15) is 12.4 Å². The fourth-order valence-corrected chi connectivity index (χ4v) is 2.68. The van der Waals surface area contributed by atoms with E-state index in [2.05, 4.69) is 15.5 Å².